The van der Waals surface area contributed by atoms with Crippen LogP contribution in [0.15, 0.2) is 42.5 Å². The number of halogens is 3. The van der Waals surface area contributed by atoms with Crippen molar-refractivity contribution in [1.82, 2.24) is 0 Å². The molecule has 2 aromatic carbocycles. The van der Waals surface area contributed by atoms with E-state index in [1.807, 2.05) is 13.0 Å². The normalized spacial score (nSPS) is 11.3. The molecule has 1 N–H and O–H groups in total. The number of carbonyl (C=O) groups excluding carboxylic acids is 1. The maximum absolute atomic E-state index is 12.6. The Morgan fingerprint density at radius 3 is 2.38 bits per heavy atom. The average molecular weight is 293 g/mol. The highest BCUT2D eigenvalue weighted by molar-refractivity contribution is 6.05. The van der Waals surface area contributed by atoms with Gasteiger partial charge in [-0.05, 0) is 49.2 Å². The lowest BCUT2D eigenvalue weighted by Crippen LogP contribution is -2.14. The van der Waals surface area contributed by atoms with Gasteiger partial charge >= 0.3 is 6.18 Å². The number of carbonyl (C=O) groups is 1. The van der Waals surface area contributed by atoms with Gasteiger partial charge in [0, 0.05) is 11.3 Å². The van der Waals surface area contributed by atoms with E-state index in [2.05, 4.69) is 5.32 Å². The van der Waals surface area contributed by atoms with Crippen molar-refractivity contribution < 1.29 is 18.0 Å². The van der Waals surface area contributed by atoms with Crippen LogP contribution < -0.4 is 5.32 Å². The lowest BCUT2D eigenvalue weighted by Gasteiger charge is -2.11. The van der Waals surface area contributed by atoms with Crippen molar-refractivity contribution in [1.29, 1.82) is 0 Å². The number of aryl methyl sites for hydroxylation is 1. The van der Waals surface area contributed by atoms with Crippen LogP contribution in [0.1, 0.15) is 27.0 Å². The van der Waals surface area contributed by atoms with Crippen molar-refractivity contribution in [3.8, 4) is 0 Å². The first kappa shape index (κ1) is 15.1. The van der Waals surface area contributed by atoms with E-state index in [-0.39, 0.29) is 5.69 Å². The fourth-order valence-corrected chi connectivity index (χ4v) is 1.97. The van der Waals surface area contributed by atoms with Gasteiger partial charge in [-0.2, -0.15) is 13.2 Å². The standard InChI is InChI=1S/C16H14F3NO/c1-10-5-3-8-14(11(10)2)15(21)20-13-7-4-6-12(9-13)16(17,18)19/h3-9H,1-2H3,(H,20,21). The van der Waals surface area contributed by atoms with Crippen LogP contribution in [0.2, 0.25) is 0 Å². The monoisotopic (exact) mass is 293 g/mol. The van der Waals surface area contributed by atoms with Gasteiger partial charge in [0.2, 0.25) is 0 Å². The quantitative estimate of drug-likeness (QED) is 0.863. The number of benzene rings is 2. The third-order valence-electron chi connectivity index (χ3n) is 3.30. The fraction of sp³-hybridized carbons (Fsp3) is 0.188. The first-order chi connectivity index (χ1) is 9.79. The molecular weight excluding hydrogens is 279 g/mol. The molecule has 0 spiro atoms. The third-order valence-corrected chi connectivity index (χ3v) is 3.30. The van der Waals surface area contributed by atoms with Crippen molar-refractivity contribution in [3.63, 3.8) is 0 Å². The highest BCUT2D eigenvalue weighted by atomic mass is 19.4. The molecule has 0 fully saturated rings. The first-order valence-corrected chi connectivity index (χ1v) is 6.34. The second-order valence-electron chi connectivity index (χ2n) is 4.78. The summed E-state index contributed by atoms with van der Waals surface area (Å²) in [7, 11) is 0. The summed E-state index contributed by atoms with van der Waals surface area (Å²) in [5.41, 5.74) is 1.54. The van der Waals surface area contributed by atoms with E-state index in [9.17, 15) is 18.0 Å². The average Bonchev–Trinajstić information content (AvgIpc) is 2.41. The van der Waals surface area contributed by atoms with Gasteiger partial charge in [0.05, 0.1) is 5.56 Å². The first-order valence-electron chi connectivity index (χ1n) is 6.34. The van der Waals surface area contributed by atoms with Crippen LogP contribution >= 0.6 is 0 Å². The van der Waals surface area contributed by atoms with Crippen LogP contribution in [0.4, 0.5) is 18.9 Å². The Morgan fingerprint density at radius 1 is 1.05 bits per heavy atom. The smallest absolute Gasteiger partial charge is 0.322 e. The van der Waals surface area contributed by atoms with E-state index >= 15 is 0 Å². The van der Waals surface area contributed by atoms with Crippen LogP contribution in [0.3, 0.4) is 0 Å². The molecule has 21 heavy (non-hydrogen) atoms. The van der Waals surface area contributed by atoms with Crippen molar-refractivity contribution in [2.45, 2.75) is 20.0 Å². The SMILES string of the molecule is Cc1cccc(C(=O)Nc2cccc(C(F)(F)F)c2)c1C. The van der Waals surface area contributed by atoms with Crippen molar-refractivity contribution >= 4 is 11.6 Å². The molecule has 0 aliphatic rings. The van der Waals surface area contributed by atoms with E-state index in [1.54, 1.807) is 19.1 Å². The van der Waals surface area contributed by atoms with Crippen LogP contribution in [-0.2, 0) is 6.18 Å². The molecule has 0 saturated heterocycles. The molecule has 0 radical (unpaired) electrons. The van der Waals surface area contributed by atoms with Crippen LogP contribution in [0.5, 0.6) is 0 Å². The van der Waals surface area contributed by atoms with E-state index in [1.165, 1.54) is 12.1 Å². The van der Waals surface area contributed by atoms with Gasteiger partial charge in [0.15, 0.2) is 0 Å². The Morgan fingerprint density at radius 2 is 1.71 bits per heavy atom. The highest BCUT2D eigenvalue weighted by Gasteiger charge is 2.30. The van der Waals surface area contributed by atoms with Gasteiger partial charge in [-0.1, -0.05) is 18.2 Å². The molecular formula is C16H14F3NO. The molecule has 2 aromatic rings. The Balaban J connectivity index is 2.26. The summed E-state index contributed by atoms with van der Waals surface area (Å²) in [6, 6.07) is 9.83. The molecule has 0 aliphatic carbocycles. The van der Waals surface area contributed by atoms with E-state index in [4.69, 9.17) is 0 Å². The van der Waals surface area contributed by atoms with Gasteiger partial charge in [0.1, 0.15) is 0 Å². The zero-order valence-corrected chi connectivity index (χ0v) is 11.6. The Bertz CT molecular complexity index is 677. The van der Waals surface area contributed by atoms with Crippen molar-refractivity contribution in [3.05, 3.63) is 64.7 Å². The Labute approximate surface area is 120 Å². The third kappa shape index (κ3) is 3.42. The van der Waals surface area contributed by atoms with Gasteiger partial charge in [-0.15, -0.1) is 0 Å². The molecule has 0 atom stereocenters. The minimum atomic E-state index is -4.43. The second-order valence-corrected chi connectivity index (χ2v) is 4.78. The van der Waals surface area contributed by atoms with Gasteiger partial charge in [-0.3, -0.25) is 4.79 Å². The molecule has 0 bridgehead atoms. The van der Waals surface area contributed by atoms with Crippen LogP contribution in [0, 0.1) is 13.8 Å². The fourth-order valence-electron chi connectivity index (χ4n) is 1.97. The summed E-state index contributed by atoms with van der Waals surface area (Å²) in [4.78, 5) is 12.2. The van der Waals surface area contributed by atoms with Crippen molar-refractivity contribution in [2.24, 2.45) is 0 Å². The summed E-state index contributed by atoms with van der Waals surface area (Å²) in [5, 5.41) is 2.50. The molecule has 110 valence electrons. The highest BCUT2D eigenvalue weighted by Crippen LogP contribution is 2.30. The molecule has 1 amide bonds. The lowest BCUT2D eigenvalue weighted by molar-refractivity contribution is -0.137. The maximum atomic E-state index is 12.6. The lowest BCUT2D eigenvalue weighted by atomic mass is 10.0. The Hall–Kier alpha value is -2.30. The molecule has 2 nitrogen and oxygen atoms in total. The van der Waals surface area contributed by atoms with Gasteiger partial charge in [-0.25, -0.2) is 0 Å². The minimum absolute atomic E-state index is 0.121. The largest absolute Gasteiger partial charge is 0.416 e. The number of amides is 1. The number of alkyl halides is 3. The number of hydrogen-bond acceptors (Lipinski definition) is 1. The molecule has 0 aliphatic heterocycles. The van der Waals surface area contributed by atoms with Crippen molar-refractivity contribution in [2.75, 3.05) is 5.32 Å². The number of anilines is 1. The van der Waals surface area contributed by atoms with E-state index in [0.29, 0.717) is 5.56 Å². The summed E-state index contributed by atoms with van der Waals surface area (Å²) >= 11 is 0. The van der Waals surface area contributed by atoms with E-state index in [0.717, 1.165) is 23.3 Å². The molecule has 0 heterocycles. The maximum Gasteiger partial charge on any atom is 0.416 e. The predicted octanol–water partition coefficient (Wildman–Crippen LogP) is 4.57. The number of hydrogen-bond donors (Lipinski definition) is 1. The summed E-state index contributed by atoms with van der Waals surface area (Å²) in [6.45, 7) is 3.67. The van der Waals surface area contributed by atoms with E-state index < -0.39 is 17.6 Å². The van der Waals surface area contributed by atoms with Crippen LogP contribution in [0.25, 0.3) is 0 Å². The number of nitrogens with one attached hydrogen (secondary N) is 1. The van der Waals surface area contributed by atoms with Gasteiger partial charge < -0.3 is 5.32 Å². The molecule has 2 rings (SSSR count). The summed E-state index contributed by atoms with van der Waals surface area (Å²) in [5.74, 6) is -0.421. The molecule has 0 saturated carbocycles. The van der Waals surface area contributed by atoms with Gasteiger partial charge in [0.25, 0.3) is 5.91 Å². The molecule has 5 heteroatoms. The summed E-state index contributed by atoms with van der Waals surface area (Å²) < 4.78 is 37.9. The topological polar surface area (TPSA) is 29.1 Å². The molecule has 0 unspecified atom stereocenters. The zero-order valence-electron chi connectivity index (χ0n) is 11.6. The second kappa shape index (κ2) is 5.60. The molecule has 0 aromatic heterocycles. The summed E-state index contributed by atoms with van der Waals surface area (Å²) in [6.07, 6.45) is -4.43. The number of rotatable bonds is 2. The predicted molar refractivity (Wildman–Crippen MR) is 75.3 cm³/mol. The minimum Gasteiger partial charge on any atom is -0.322 e. The van der Waals surface area contributed by atoms with Crippen LogP contribution in [-0.4, -0.2) is 5.91 Å². The Kier molecular flexibility index (Phi) is 4.02. The zero-order chi connectivity index (χ0) is 15.6.